The third-order valence-electron chi connectivity index (χ3n) is 3.04. The van der Waals surface area contributed by atoms with Crippen molar-refractivity contribution in [3.63, 3.8) is 0 Å². The Balaban J connectivity index is 2.45. The fourth-order valence-electron chi connectivity index (χ4n) is 1.92. The predicted molar refractivity (Wildman–Crippen MR) is 80.0 cm³/mol. The van der Waals surface area contributed by atoms with E-state index in [4.69, 9.17) is 0 Å². The maximum Gasteiger partial charge on any atom is 0.139 e. The van der Waals surface area contributed by atoms with E-state index >= 15 is 0 Å². The molecule has 0 aliphatic carbocycles. The average Bonchev–Trinajstić information content (AvgIpc) is 2.39. The minimum atomic E-state index is -0.637. The summed E-state index contributed by atoms with van der Waals surface area (Å²) in [4.78, 5) is 8.85. The standard InChI is InChI=1S/C15H18F2N4/c1-8(2)13-20-14(18-4)9(3)15(21-13)19-12-6-10(16)5-11(17)7-12/h5-8H,1-4H3,(H2,18,19,20,21). The first-order chi connectivity index (χ1) is 9.90. The van der Waals surface area contributed by atoms with Crippen LogP contribution in [0.4, 0.5) is 26.1 Å². The molecule has 0 bridgehead atoms. The van der Waals surface area contributed by atoms with Crippen molar-refractivity contribution in [1.82, 2.24) is 9.97 Å². The second kappa shape index (κ2) is 6.03. The SMILES string of the molecule is CNc1nc(C(C)C)nc(Nc2cc(F)cc(F)c2)c1C. The van der Waals surface area contributed by atoms with Crippen LogP contribution in [0, 0.1) is 18.6 Å². The van der Waals surface area contributed by atoms with Gasteiger partial charge in [0.25, 0.3) is 0 Å². The molecule has 1 heterocycles. The van der Waals surface area contributed by atoms with Crippen LogP contribution in [-0.2, 0) is 0 Å². The Bertz CT molecular complexity index is 636. The molecule has 1 aromatic carbocycles. The predicted octanol–water partition coefficient (Wildman–Crippen LogP) is 3.97. The van der Waals surface area contributed by atoms with Crippen molar-refractivity contribution in [3.05, 3.63) is 41.2 Å². The molecule has 112 valence electrons. The smallest absolute Gasteiger partial charge is 0.139 e. The maximum absolute atomic E-state index is 13.3. The van der Waals surface area contributed by atoms with Crippen LogP contribution in [0.5, 0.6) is 0 Å². The van der Waals surface area contributed by atoms with Gasteiger partial charge in [-0.25, -0.2) is 18.7 Å². The molecular weight excluding hydrogens is 274 g/mol. The third-order valence-corrected chi connectivity index (χ3v) is 3.04. The van der Waals surface area contributed by atoms with Crippen LogP contribution in [0.1, 0.15) is 31.2 Å². The van der Waals surface area contributed by atoms with Crippen molar-refractivity contribution in [2.24, 2.45) is 0 Å². The molecule has 0 aliphatic heterocycles. The van der Waals surface area contributed by atoms with Crippen molar-refractivity contribution < 1.29 is 8.78 Å². The molecule has 2 rings (SSSR count). The van der Waals surface area contributed by atoms with Crippen LogP contribution in [-0.4, -0.2) is 17.0 Å². The first-order valence-corrected chi connectivity index (χ1v) is 6.70. The molecule has 2 aromatic rings. The molecule has 0 atom stereocenters. The number of hydrogen-bond acceptors (Lipinski definition) is 4. The summed E-state index contributed by atoms with van der Waals surface area (Å²) in [6, 6.07) is 3.27. The van der Waals surface area contributed by atoms with Crippen LogP contribution < -0.4 is 10.6 Å². The summed E-state index contributed by atoms with van der Waals surface area (Å²) in [5.41, 5.74) is 1.10. The second-order valence-electron chi connectivity index (χ2n) is 5.09. The third kappa shape index (κ3) is 3.45. The largest absolute Gasteiger partial charge is 0.373 e. The van der Waals surface area contributed by atoms with E-state index in [0.717, 1.165) is 11.6 Å². The molecule has 0 amide bonds. The molecule has 0 radical (unpaired) electrons. The van der Waals surface area contributed by atoms with E-state index in [9.17, 15) is 8.78 Å². The molecule has 0 unspecified atom stereocenters. The zero-order valence-electron chi connectivity index (χ0n) is 12.5. The van der Waals surface area contributed by atoms with E-state index in [-0.39, 0.29) is 5.92 Å². The molecule has 0 saturated carbocycles. The van der Waals surface area contributed by atoms with Crippen molar-refractivity contribution in [3.8, 4) is 0 Å². The molecule has 6 heteroatoms. The number of halogens is 2. The fourth-order valence-corrected chi connectivity index (χ4v) is 1.92. The monoisotopic (exact) mass is 292 g/mol. The van der Waals surface area contributed by atoms with Crippen LogP contribution in [0.2, 0.25) is 0 Å². The molecule has 4 nitrogen and oxygen atoms in total. The van der Waals surface area contributed by atoms with E-state index < -0.39 is 11.6 Å². The lowest BCUT2D eigenvalue weighted by Gasteiger charge is -2.15. The van der Waals surface area contributed by atoms with Gasteiger partial charge in [-0.05, 0) is 19.1 Å². The molecular formula is C15H18F2N4. The topological polar surface area (TPSA) is 49.8 Å². The highest BCUT2D eigenvalue weighted by Crippen LogP contribution is 2.26. The zero-order valence-corrected chi connectivity index (χ0v) is 12.5. The molecule has 0 fully saturated rings. The number of benzene rings is 1. The Morgan fingerprint density at radius 3 is 2.10 bits per heavy atom. The highest BCUT2D eigenvalue weighted by molar-refractivity contribution is 5.64. The van der Waals surface area contributed by atoms with E-state index in [0.29, 0.717) is 23.1 Å². The Morgan fingerprint density at radius 1 is 1.00 bits per heavy atom. The molecule has 2 N–H and O–H groups in total. The molecule has 0 saturated heterocycles. The molecule has 1 aromatic heterocycles. The summed E-state index contributed by atoms with van der Waals surface area (Å²) in [6.45, 7) is 5.80. The van der Waals surface area contributed by atoms with Gasteiger partial charge in [-0.1, -0.05) is 13.8 Å². The highest BCUT2D eigenvalue weighted by atomic mass is 19.1. The van der Waals surface area contributed by atoms with E-state index in [1.165, 1.54) is 12.1 Å². The van der Waals surface area contributed by atoms with Gasteiger partial charge in [0.1, 0.15) is 29.1 Å². The Morgan fingerprint density at radius 2 is 1.57 bits per heavy atom. The lowest BCUT2D eigenvalue weighted by Crippen LogP contribution is -2.08. The first kappa shape index (κ1) is 15.2. The van der Waals surface area contributed by atoms with Gasteiger partial charge in [-0.2, -0.15) is 0 Å². The highest BCUT2D eigenvalue weighted by Gasteiger charge is 2.13. The summed E-state index contributed by atoms with van der Waals surface area (Å²) in [6.07, 6.45) is 0. The number of aromatic nitrogens is 2. The minimum absolute atomic E-state index is 0.141. The number of rotatable bonds is 4. The Labute approximate surface area is 122 Å². The van der Waals surface area contributed by atoms with Gasteiger partial charge in [0, 0.05) is 30.3 Å². The van der Waals surface area contributed by atoms with Gasteiger partial charge < -0.3 is 10.6 Å². The van der Waals surface area contributed by atoms with E-state index in [1.54, 1.807) is 7.05 Å². The minimum Gasteiger partial charge on any atom is -0.373 e. The number of nitrogens with one attached hydrogen (secondary N) is 2. The zero-order chi connectivity index (χ0) is 15.6. The van der Waals surface area contributed by atoms with Gasteiger partial charge in [0.05, 0.1) is 0 Å². The summed E-state index contributed by atoms with van der Waals surface area (Å²) >= 11 is 0. The Hall–Kier alpha value is -2.24. The van der Waals surface area contributed by atoms with Crippen molar-refractivity contribution in [2.45, 2.75) is 26.7 Å². The first-order valence-electron chi connectivity index (χ1n) is 6.70. The van der Waals surface area contributed by atoms with Crippen molar-refractivity contribution in [2.75, 3.05) is 17.7 Å². The number of hydrogen-bond donors (Lipinski definition) is 2. The van der Waals surface area contributed by atoms with Crippen LogP contribution >= 0.6 is 0 Å². The average molecular weight is 292 g/mol. The summed E-state index contributed by atoms with van der Waals surface area (Å²) < 4.78 is 26.5. The quantitative estimate of drug-likeness (QED) is 0.895. The van der Waals surface area contributed by atoms with Gasteiger partial charge in [0.2, 0.25) is 0 Å². The lowest BCUT2D eigenvalue weighted by atomic mass is 10.2. The fraction of sp³-hybridized carbons (Fsp3) is 0.333. The lowest BCUT2D eigenvalue weighted by molar-refractivity contribution is 0.584. The summed E-state index contributed by atoms with van der Waals surface area (Å²) in [5, 5.41) is 5.95. The number of anilines is 3. The molecule has 21 heavy (non-hydrogen) atoms. The van der Waals surface area contributed by atoms with Crippen LogP contribution in [0.25, 0.3) is 0 Å². The van der Waals surface area contributed by atoms with Gasteiger partial charge >= 0.3 is 0 Å². The van der Waals surface area contributed by atoms with E-state index in [1.807, 2.05) is 20.8 Å². The maximum atomic E-state index is 13.3. The van der Waals surface area contributed by atoms with Gasteiger partial charge in [-0.3, -0.25) is 0 Å². The Kier molecular flexibility index (Phi) is 4.35. The van der Waals surface area contributed by atoms with Gasteiger partial charge in [-0.15, -0.1) is 0 Å². The summed E-state index contributed by atoms with van der Waals surface area (Å²) in [5.74, 6) is 0.743. The van der Waals surface area contributed by atoms with Gasteiger partial charge in [0.15, 0.2) is 0 Å². The second-order valence-corrected chi connectivity index (χ2v) is 5.09. The normalized spacial score (nSPS) is 10.8. The van der Waals surface area contributed by atoms with Crippen LogP contribution in [0.15, 0.2) is 18.2 Å². The van der Waals surface area contributed by atoms with Crippen molar-refractivity contribution in [1.29, 1.82) is 0 Å². The molecule has 0 spiro atoms. The van der Waals surface area contributed by atoms with Crippen LogP contribution in [0.3, 0.4) is 0 Å². The van der Waals surface area contributed by atoms with E-state index in [2.05, 4.69) is 20.6 Å². The molecule has 0 aliphatic rings. The summed E-state index contributed by atoms with van der Waals surface area (Å²) in [7, 11) is 1.77. The number of nitrogens with zero attached hydrogens (tertiary/aromatic N) is 2. The van der Waals surface area contributed by atoms with Crippen molar-refractivity contribution >= 4 is 17.3 Å².